The van der Waals surface area contributed by atoms with Gasteiger partial charge in [0.25, 0.3) is 0 Å². The maximum atomic E-state index is 10.9. The number of hydrogen-bond donors (Lipinski definition) is 1. The zero-order chi connectivity index (χ0) is 18.2. The maximum Gasteiger partial charge on any atom is 0.216 e. The number of nitrogens with zero attached hydrogens (tertiary/aromatic N) is 2. The van der Waals surface area contributed by atoms with Crippen molar-refractivity contribution < 1.29 is 9.53 Å². The summed E-state index contributed by atoms with van der Waals surface area (Å²) < 4.78 is 6.16. The van der Waals surface area contributed by atoms with Crippen LogP contribution in [-0.4, -0.2) is 43.1 Å². The largest absolute Gasteiger partial charge is 0.372 e. The molecule has 0 radical (unpaired) electrons. The minimum atomic E-state index is 0.00502. The molecule has 2 N–H and O–H groups in total. The van der Waals surface area contributed by atoms with Gasteiger partial charge in [-0.2, -0.15) is 0 Å². The van der Waals surface area contributed by atoms with E-state index in [2.05, 4.69) is 31.0 Å². The third-order valence-corrected chi connectivity index (χ3v) is 5.11. The normalized spacial score (nSPS) is 23.6. The van der Waals surface area contributed by atoms with Crippen LogP contribution >= 0.6 is 0 Å². The number of guanidine groups is 1. The van der Waals surface area contributed by atoms with Crippen LogP contribution in [0.25, 0.3) is 0 Å². The summed E-state index contributed by atoms with van der Waals surface area (Å²) in [4.78, 5) is 16.8. The molecule has 0 bridgehead atoms. The maximum absolute atomic E-state index is 10.9. The van der Waals surface area contributed by atoms with E-state index >= 15 is 0 Å². The van der Waals surface area contributed by atoms with Crippen LogP contribution in [0.15, 0.2) is 28.3 Å². The molecule has 0 aromatic heterocycles. The van der Waals surface area contributed by atoms with Crippen LogP contribution in [0.3, 0.4) is 0 Å². The Morgan fingerprint density at radius 2 is 2.12 bits per heavy atom. The van der Waals surface area contributed by atoms with Crippen LogP contribution in [0.4, 0.5) is 0 Å². The number of hydrogen-bond acceptors (Lipinski definition) is 3. The topological polar surface area (TPSA) is 67.9 Å². The van der Waals surface area contributed by atoms with Crippen molar-refractivity contribution in [3.8, 4) is 0 Å². The van der Waals surface area contributed by atoms with Gasteiger partial charge >= 0.3 is 0 Å². The second-order valence-corrected chi connectivity index (χ2v) is 7.57. The molecule has 2 aliphatic rings. The molecular formula is C20H33N3O2. The summed E-state index contributed by atoms with van der Waals surface area (Å²) in [5.74, 6) is 0.955. The third kappa shape index (κ3) is 6.65. The number of carbonyl (C=O) groups excluding carboxylic acids is 1. The highest BCUT2D eigenvalue weighted by Crippen LogP contribution is 2.28. The highest BCUT2D eigenvalue weighted by atomic mass is 16.5. The van der Waals surface area contributed by atoms with E-state index in [9.17, 15) is 4.79 Å². The summed E-state index contributed by atoms with van der Waals surface area (Å²) in [6.07, 6.45) is 13.6. The molecule has 5 heteroatoms. The van der Waals surface area contributed by atoms with Gasteiger partial charge in [0, 0.05) is 7.05 Å². The van der Waals surface area contributed by atoms with Crippen LogP contribution in [0.1, 0.15) is 58.8 Å². The second kappa shape index (κ2) is 9.76. The van der Waals surface area contributed by atoms with Crippen LogP contribution in [-0.2, 0) is 9.53 Å². The van der Waals surface area contributed by atoms with Gasteiger partial charge in [-0.3, -0.25) is 9.69 Å². The Labute approximate surface area is 152 Å². The Balaban J connectivity index is 1.98. The fraction of sp³-hybridized carbons (Fsp3) is 0.700. The first-order valence-electron chi connectivity index (χ1n) is 9.46. The summed E-state index contributed by atoms with van der Waals surface area (Å²) in [6.45, 7) is 4.79. The lowest BCUT2D eigenvalue weighted by atomic mass is 9.85. The van der Waals surface area contributed by atoms with Gasteiger partial charge in [0.1, 0.15) is 0 Å². The van der Waals surface area contributed by atoms with Gasteiger partial charge in [-0.25, -0.2) is 4.99 Å². The van der Waals surface area contributed by atoms with Crippen LogP contribution in [0, 0.1) is 5.92 Å². The van der Waals surface area contributed by atoms with Crippen molar-refractivity contribution >= 4 is 12.4 Å². The molecule has 0 aliphatic heterocycles. The lowest BCUT2D eigenvalue weighted by molar-refractivity contribution is -0.114. The van der Waals surface area contributed by atoms with Gasteiger partial charge in [0.15, 0.2) is 5.96 Å². The first kappa shape index (κ1) is 19.7. The lowest BCUT2D eigenvalue weighted by Crippen LogP contribution is -2.35. The fourth-order valence-corrected chi connectivity index (χ4v) is 3.80. The van der Waals surface area contributed by atoms with E-state index in [4.69, 9.17) is 10.5 Å². The first-order valence-corrected chi connectivity index (χ1v) is 9.46. The second-order valence-electron chi connectivity index (χ2n) is 7.57. The molecule has 0 spiro atoms. The minimum absolute atomic E-state index is 0.00502. The minimum Gasteiger partial charge on any atom is -0.372 e. The molecule has 2 rings (SSSR count). The molecule has 1 saturated carbocycles. The number of allylic oxidation sites excluding steroid dienone is 2. The quantitative estimate of drug-likeness (QED) is 0.436. The average molecular weight is 348 g/mol. The van der Waals surface area contributed by atoms with Crippen molar-refractivity contribution in [2.24, 2.45) is 16.6 Å². The summed E-state index contributed by atoms with van der Waals surface area (Å²) in [5, 5.41) is 0. The summed E-state index contributed by atoms with van der Waals surface area (Å²) in [7, 11) is 1.63. The SMILES string of the molecule is CC1=CC(OCC(CC2CCCCC2)N=C(N)N(C)C=O)CC(C)=C1. The van der Waals surface area contributed by atoms with E-state index in [1.807, 2.05) is 0 Å². The number of amides is 1. The third-order valence-electron chi connectivity index (χ3n) is 5.11. The van der Waals surface area contributed by atoms with E-state index in [-0.39, 0.29) is 18.1 Å². The van der Waals surface area contributed by atoms with Crippen molar-refractivity contribution in [3.63, 3.8) is 0 Å². The Morgan fingerprint density at radius 1 is 1.40 bits per heavy atom. The molecule has 0 heterocycles. The van der Waals surface area contributed by atoms with E-state index in [1.54, 1.807) is 7.05 Å². The average Bonchev–Trinajstić information content (AvgIpc) is 2.59. The molecule has 25 heavy (non-hydrogen) atoms. The lowest BCUT2D eigenvalue weighted by Gasteiger charge is -2.27. The molecule has 1 amide bonds. The predicted octanol–water partition coefficient (Wildman–Crippen LogP) is 3.41. The smallest absolute Gasteiger partial charge is 0.216 e. The van der Waals surface area contributed by atoms with Gasteiger partial charge in [-0.1, -0.05) is 55.4 Å². The molecule has 0 aromatic rings. The van der Waals surface area contributed by atoms with Gasteiger partial charge in [0.05, 0.1) is 18.8 Å². The molecule has 0 saturated heterocycles. The van der Waals surface area contributed by atoms with Crippen molar-refractivity contribution in [1.29, 1.82) is 0 Å². The van der Waals surface area contributed by atoms with Gasteiger partial charge in [0.2, 0.25) is 6.41 Å². The van der Waals surface area contributed by atoms with E-state index in [0.717, 1.165) is 12.8 Å². The Morgan fingerprint density at radius 3 is 2.76 bits per heavy atom. The Kier molecular flexibility index (Phi) is 7.69. The highest BCUT2D eigenvalue weighted by molar-refractivity contribution is 5.87. The molecule has 2 unspecified atom stereocenters. The Hall–Kier alpha value is -1.62. The number of carbonyl (C=O) groups is 1. The zero-order valence-electron chi connectivity index (χ0n) is 15.9. The molecule has 2 aliphatic carbocycles. The first-order chi connectivity index (χ1) is 12.0. The highest BCUT2D eigenvalue weighted by Gasteiger charge is 2.21. The van der Waals surface area contributed by atoms with Crippen molar-refractivity contribution in [1.82, 2.24) is 4.90 Å². The number of ether oxygens (including phenoxy) is 1. The van der Waals surface area contributed by atoms with E-state index < -0.39 is 0 Å². The molecule has 0 aromatic carbocycles. The summed E-state index contributed by atoms with van der Waals surface area (Å²) in [5.41, 5.74) is 8.55. The van der Waals surface area contributed by atoms with Crippen molar-refractivity contribution in [2.45, 2.75) is 70.9 Å². The zero-order valence-corrected chi connectivity index (χ0v) is 15.9. The van der Waals surface area contributed by atoms with E-state index in [0.29, 0.717) is 18.9 Å². The van der Waals surface area contributed by atoms with Crippen LogP contribution < -0.4 is 5.73 Å². The molecule has 1 fully saturated rings. The van der Waals surface area contributed by atoms with Crippen LogP contribution in [0.5, 0.6) is 0 Å². The Bertz CT molecular complexity index is 533. The number of nitrogens with two attached hydrogens (primary N) is 1. The van der Waals surface area contributed by atoms with Gasteiger partial charge < -0.3 is 10.5 Å². The van der Waals surface area contributed by atoms with Gasteiger partial charge in [-0.05, 0) is 32.6 Å². The standard InChI is InChI=1S/C20H33N3O2/c1-15-9-16(2)11-19(10-15)25-13-18(22-20(21)23(3)14-24)12-17-7-5-4-6-8-17/h9-10,14,17-19H,4-8,11-13H2,1-3H3,(H2,21,22). The van der Waals surface area contributed by atoms with Crippen molar-refractivity contribution in [3.05, 3.63) is 23.3 Å². The number of aliphatic imine (C=N–C) groups is 1. The molecular weight excluding hydrogens is 314 g/mol. The molecule has 2 atom stereocenters. The predicted molar refractivity (Wildman–Crippen MR) is 102 cm³/mol. The fourth-order valence-electron chi connectivity index (χ4n) is 3.80. The monoisotopic (exact) mass is 347 g/mol. The van der Waals surface area contributed by atoms with E-state index in [1.165, 1.54) is 48.2 Å². The molecule has 140 valence electrons. The number of rotatable bonds is 7. The molecule has 5 nitrogen and oxygen atoms in total. The summed E-state index contributed by atoms with van der Waals surface area (Å²) in [6, 6.07) is 0.00502. The summed E-state index contributed by atoms with van der Waals surface area (Å²) >= 11 is 0. The van der Waals surface area contributed by atoms with Crippen LogP contribution in [0.2, 0.25) is 0 Å². The van der Waals surface area contributed by atoms with Crippen molar-refractivity contribution in [2.75, 3.05) is 13.7 Å². The van der Waals surface area contributed by atoms with Gasteiger partial charge in [-0.15, -0.1) is 0 Å².